The van der Waals surface area contributed by atoms with Gasteiger partial charge in [0, 0.05) is 26.1 Å². The molecule has 0 aliphatic carbocycles. The summed E-state index contributed by atoms with van der Waals surface area (Å²) in [6.07, 6.45) is 4.11. The number of aromatic nitrogens is 2. The van der Waals surface area contributed by atoms with Crippen molar-refractivity contribution in [3.8, 4) is 5.75 Å². The van der Waals surface area contributed by atoms with Crippen LogP contribution in [0, 0.1) is 0 Å². The maximum absolute atomic E-state index is 12.8. The predicted octanol–water partition coefficient (Wildman–Crippen LogP) is 2.74. The smallest absolute Gasteiger partial charge is 0.243 e. The van der Waals surface area contributed by atoms with Crippen LogP contribution in [0.25, 0.3) is 0 Å². The minimum atomic E-state index is -0.257. The van der Waals surface area contributed by atoms with E-state index < -0.39 is 0 Å². The number of amides is 2. The lowest BCUT2D eigenvalue weighted by molar-refractivity contribution is -0.122. The molecule has 1 aromatic heterocycles. The van der Waals surface area contributed by atoms with Crippen LogP contribution in [0.15, 0.2) is 24.3 Å². The average Bonchev–Trinajstić information content (AvgIpc) is 3.51. The maximum Gasteiger partial charge on any atom is 0.243 e. The molecule has 160 valence electrons. The number of carbonyl (C=O) groups excluding carboxylic acids is 2. The van der Waals surface area contributed by atoms with Gasteiger partial charge in [-0.15, -0.1) is 10.2 Å². The molecule has 3 heterocycles. The molecule has 2 aliphatic rings. The van der Waals surface area contributed by atoms with E-state index in [4.69, 9.17) is 4.74 Å². The Morgan fingerprint density at radius 1 is 1.20 bits per heavy atom. The Balaban J connectivity index is 1.34. The van der Waals surface area contributed by atoms with Gasteiger partial charge in [0.15, 0.2) is 0 Å². The number of nitrogens with one attached hydrogen (secondary N) is 1. The number of hydrogen-bond acceptors (Lipinski definition) is 7. The number of nitrogens with zero attached hydrogens (tertiary/aromatic N) is 4. The summed E-state index contributed by atoms with van der Waals surface area (Å²) in [6, 6.07) is 7.55. The maximum atomic E-state index is 12.8. The molecule has 0 radical (unpaired) electrons. The Kier molecular flexibility index (Phi) is 6.47. The van der Waals surface area contributed by atoms with Gasteiger partial charge in [-0.25, -0.2) is 0 Å². The molecular weight excluding hydrogens is 402 g/mol. The second-order valence-corrected chi connectivity index (χ2v) is 8.51. The number of carbonyl (C=O) groups is 2. The van der Waals surface area contributed by atoms with E-state index in [2.05, 4.69) is 22.4 Å². The summed E-state index contributed by atoms with van der Waals surface area (Å²) in [4.78, 5) is 28.5. The van der Waals surface area contributed by atoms with Crippen molar-refractivity contribution in [3.05, 3.63) is 29.8 Å². The van der Waals surface area contributed by atoms with Crippen LogP contribution in [-0.2, 0) is 16.1 Å². The van der Waals surface area contributed by atoms with Gasteiger partial charge in [0.05, 0.1) is 6.61 Å². The van der Waals surface area contributed by atoms with E-state index in [1.54, 1.807) is 4.90 Å². The Morgan fingerprint density at radius 3 is 2.73 bits per heavy atom. The zero-order valence-electron chi connectivity index (χ0n) is 17.2. The van der Waals surface area contributed by atoms with Crippen LogP contribution in [0.5, 0.6) is 5.75 Å². The number of anilines is 2. The van der Waals surface area contributed by atoms with Crippen LogP contribution in [0.4, 0.5) is 10.3 Å². The van der Waals surface area contributed by atoms with Gasteiger partial charge in [-0.2, -0.15) is 0 Å². The van der Waals surface area contributed by atoms with Gasteiger partial charge < -0.3 is 15.0 Å². The highest BCUT2D eigenvalue weighted by atomic mass is 32.1. The zero-order chi connectivity index (χ0) is 20.9. The number of hydrogen-bond donors (Lipinski definition) is 1. The van der Waals surface area contributed by atoms with Crippen LogP contribution in [0.3, 0.4) is 0 Å². The fourth-order valence-corrected chi connectivity index (χ4v) is 4.75. The van der Waals surface area contributed by atoms with E-state index in [1.807, 2.05) is 29.2 Å². The third-order valence-electron chi connectivity index (χ3n) is 5.37. The van der Waals surface area contributed by atoms with Crippen LogP contribution in [0.1, 0.15) is 44.6 Å². The third-order valence-corrected chi connectivity index (χ3v) is 6.36. The molecule has 2 fully saturated rings. The average molecular weight is 430 g/mol. The molecule has 2 amide bonds. The van der Waals surface area contributed by atoms with Crippen molar-refractivity contribution in [1.29, 1.82) is 0 Å². The highest BCUT2D eigenvalue weighted by Crippen LogP contribution is 2.33. The van der Waals surface area contributed by atoms with Gasteiger partial charge in [0.2, 0.25) is 22.1 Å². The number of rotatable bonds is 8. The molecule has 1 unspecified atom stereocenters. The van der Waals surface area contributed by atoms with Crippen molar-refractivity contribution < 1.29 is 14.3 Å². The van der Waals surface area contributed by atoms with Gasteiger partial charge in [0.1, 0.15) is 11.8 Å². The van der Waals surface area contributed by atoms with Crippen LogP contribution in [-0.4, -0.2) is 47.7 Å². The van der Waals surface area contributed by atoms with E-state index in [1.165, 1.54) is 11.3 Å². The molecule has 0 saturated carbocycles. The normalized spacial score (nSPS) is 18.8. The van der Waals surface area contributed by atoms with Crippen molar-refractivity contribution in [2.24, 2.45) is 0 Å². The second kappa shape index (κ2) is 9.42. The van der Waals surface area contributed by atoms with E-state index in [0.29, 0.717) is 36.4 Å². The largest absolute Gasteiger partial charge is 0.494 e. The fourth-order valence-electron chi connectivity index (χ4n) is 3.78. The minimum absolute atomic E-state index is 0.00666. The lowest BCUT2D eigenvalue weighted by Gasteiger charge is -2.22. The topological polar surface area (TPSA) is 87.7 Å². The Hall–Kier alpha value is -2.68. The fraction of sp³-hybridized carbons (Fsp3) is 0.524. The highest BCUT2D eigenvalue weighted by molar-refractivity contribution is 7.19. The summed E-state index contributed by atoms with van der Waals surface area (Å²) in [5, 5.41) is 12.8. The van der Waals surface area contributed by atoms with Gasteiger partial charge in [-0.3, -0.25) is 14.5 Å². The molecule has 0 bridgehead atoms. The molecule has 1 N–H and O–H groups in total. The van der Waals surface area contributed by atoms with E-state index in [0.717, 1.165) is 43.5 Å². The summed E-state index contributed by atoms with van der Waals surface area (Å²) in [7, 11) is 0. The molecule has 0 spiro atoms. The Morgan fingerprint density at radius 2 is 2.00 bits per heavy atom. The lowest BCUT2D eigenvalue weighted by Crippen LogP contribution is -2.43. The highest BCUT2D eigenvalue weighted by Gasteiger charge is 2.34. The van der Waals surface area contributed by atoms with Crippen molar-refractivity contribution >= 4 is 33.4 Å². The zero-order valence-corrected chi connectivity index (χ0v) is 18.0. The first kappa shape index (κ1) is 20.6. The standard InChI is InChI=1S/C21H27N5O3S/c1-2-13-29-16-9-7-15(8-10-16)14-22-19(28)17-5-3-11-25(17)20-23-24-21(30-20)26-12-4-6-18(26)27/h7-10,17H,2-6,11-14H2,1H3,(H,22,28). The molecule has 8 nitrogen and oxygen atoms in total. The first-order chi connectivity index (χ1) is 14.7. The molecule has 4 rings (SSSR count). The SMILES string of the molecule is CCCOc1ccc(CNC(=O)C2CCCN2c2nnc(N3CCCC3=O)s2)cc1. The van der Waals surface area contributed by atoms with Gasteiger partial charge in [0.25, 0.3) is 0 Å². The van der Waals surface area contributed by atoms with Crippen molar-refractivity contribution in [2.45, 2.75) is 51.6 Å². The van der Waals surface area contributed by atoms with Crippen LogP contribution < -0.4 is 19.9 Å². The summed E-state index contributed by atoms with van der Waals surface area (Å²) in [6.45, 7) is 4.71. The van der Waals surface area contributed by atoms with Gasteiger partial charge >= 0.3 is 0 Å². The van der Waals surface area contributed by atoms with Crippen LogP contribution in [0.2, 0.25) is 0 Å². The Bertz CT molecular complexity index is 885. The minimum Gasteiger partial charge on any atom is -0.494 e. The molecule has 1 aromatic carbocycles. The Labute approximate surface area is 180 Å². The van der Waals surface area contributed by atoms with Crippen molar-refractivity contribution in [3.63, 3.8) is 0 Å². The molecule has 2 aromatic rings. The summed E-state index contributed by atoms with van der Waals surface area (Å²) in [5.74, 6) is 0.935. The van der Waals surface area contributed by atoms with E-state index >= 15 is 0 Å². The van der Waals surface area contributed by atoms with Crippen molar-refractivity contribution in [2.75, 3.05) is 29.5 Å². The molecular formula is C21H27N5O3S. The molecule has 2 saturated heterocycles. The van der Waals surface area contributed by atoms with Crippen LogP contribution >= 0.6 is 11.3 Å². The first-order valence-corrected chi connectivity index (χ1v) is 11.4. The lowest BCUT2D eigenvalue weighted by atomic mass is 10.2. The monoisotopic (exact) mass is 429 g/mol. The molecule has 1 atom stereocenters. The van der Waals surface area contributed by atoms with Crippen molar-refractivity contribution in [1.82, 2.24) is 15.5 Å². The summed E-state index contributed by atoms with van der Waals surface area (Å²) in [5.41, 5.74) is 1.03. The third kappa shape index (κ3) is 4.56. The predicted molar refractivity (Wildman–Crippen MR) is 116 cm³/mol. The number of ether oxygens (including phenoxy) is 1. The molecule has 9 heteroatoms. The van der Waals surface area contributed by atoms with Gasteiger partial charge in [-0.1, -0.05) is 30.4 Å². The first-order valence-electron chi connectivity index (χ1n) is 10.6. The summed E-state index contributed by atoms with van der Waals surface area (Å²) >= 11 is 1.39. The second-order valence-electron chi connectivity index (χ2n) is 7.58. The summed E-state index contributed by atoms with van der Waals surface area (Å²) < 4.78 is 5.60. The van der Waals surface area contributed by atoms with E-state index in [9.17, 15) is 9.59 Å². The molecule has 2 aliphatic heterocycles. The van der Waals surface area contributed by atoms with Gasteiger partial charge in [-0.05, 0) is 43.4 Å². The quantitative estimate of drug-likeness (QED) is 0.694. The molecule has 30 heavy (non-hydrogen) atoms. The van der Waals surface area contributed by atoms with E-state index in [-0.39, 0.29) is 17.9 Å². The number of benzene rings is 1.